The maximum atomic E-state index is 3.99. The molecule has 1 N–H and O–H groups in total. The minimum Gasteiger partial charge on any atom is -0.372 e. The summed E-state index contributed by atoms with van der Waals surface area (Å²) < 4.78 is 0. The van der Waals surface area contributed by atoms with Crippen LogP contribution >= 0.6 is 11.3 Å². The van der Waals surface area contributed by atoms with Gasteiger partial charge in [-0.3, -0.25) is 4.98 Å². The van der Waals surface area contributed by atoms with E-state index in [1.165, 1.54) is 5.56 Å². The number of nitrogens with one attached hydrogen (secondary N) is 1. The molecule has 0 fully saturated rings. The molecule has 0 aliphatic rings. The fourth-order valence-corrected chi connectivity index (χ4v) is 1.60. The number of nitrogens with zero attached hydrogens (tertiary/aromatic N) is 1. The molecule has 1 aromatic carbocycles. The van der Waals surface area contributed by atoms with Crippen LogP contribution in [0.1, 0.15) is 5.56 Å². The first-order valence-corrected chi connectivity index (χ1v) is 4.99. The molecule has 2 rings (SSSR count). The van der Waals surface area contributed by atoms with Gasteiger partial charge in [0, 0.05) is 6.54 Å². The smallest absolute Gasteiger partial charge is 0.109 e. The molecule has 2 nitrogen and oxygen atoms in total. The second-order valence-corrected chi connectivity index (χ2v) is 3.59. The lowest BCUT2D eigenvalue weighted by molar-refractivity contribution is 1.16. The summed E-state index contributed by atoms with van der Waals surface area (Å²) in [6, 6.07) is 10.3. The Morgan fingerprint density at radius 2 is 2.08 bits per heavy atom. The van der Waals surface area contributed by atoms with E-state index in [-0.39, 0.29) is 0 Å². The van der Waals surface area contributed by atoms with Gasteiger partial charge in [-0.1, -0.05) is 30.3 Å². The summed E-state index contributed by atoms with van der Waals surface area (Å²) in [5.74, 6) is 0. The largest absolute Gasteiger partial charge is 0.372 e. The molecule has 0 saturated carbocycles. The zero-order valence-corrected chi connectivity index (χ0v) is 7.92. The Morgan fingerprint density at radius 1 is 1.23 bits per heavy atom. The van der Waals surface area contributed by atoms with Crippen molar-refractivity contribution in [3.8, 4) is 0 Å². The van der Waals surface area contributed by atoms with E-state index in [0.29, 0.717) is 0 Å². The van der Waals surface area contributed by atoms with Gasteiger partial charge >= 0.3 is 0 Å². The van der Waals surface area contributed by atoms with Crippen molar-refractivity contribution < 1.29 is 0 Å². The van der Waals surface area contributed by atoms with E-state index < -0.39 is 0 Å². The Morgan fingerprint density at radius 3 is 2.77 bits per heavy atom. The topological polar surface area (TPSA) is 24.9 Å². The van der Waals surface area contributed by atoms with Gasteiger partial charge in [-0.2, -0.15) is 0 Å². The van der Waals surface area contributed by atoms with Crippen LogP contribution in [-0.2, 0) is 6.54 Å². The standard InChI is InChI=1S/C10H10N2S/c1-2-4-9(5-3-1)6-12-10-7-11-8-13-10/h1-5,7-8,12H,6H2. The van der Waals surface area contributed by atoms with E-state index in [1.54, 1.807) is 11.3 Å². The Kier molecular flexibility index (Phi) is 2.57. The predicted octanol–water partition coefficient (Wildman–Crippen LogP) is 2.76. The van der Waals surface area contributed by atoms with E-state index in [4.69, 9.17) is 0 Å². The quantitative estimate of drug-likeness (QED) is 0.805. The fourth-order valence-electron chi connectivity index (χ4n) is 1.09. The average molecular weight is 190 g/mol. The molecule has 66 valence electrons. The number of aromatic nitrogens is 1. The highest BCUT2D eigenvalue weighted by Gasteiger charge is 1.93. The van der Waals surface area contributed by atoms with Crippen LogP contribution in [0, 0.1) is 0 Å². The second-order valence-electron chi connectivity index (χ2n) is 2.70. The van der Waals surface area contributed by atoms with E-state index in [9.17, 15) is 0 Å². The molecule has 2 aromatic rings. The van der Waals surface area contributed by atoms with Crippen LogP contribution in [0.3, 0.4) is 0 Å². The van der Waals surface area contributed by atoms with Gasteiger partial charge in [0.1, 0.15) is 5.00 Å². The van der Waals surface area contributed by atoms with Crippen molar-refractivity contribution in [2.24, 2.45) is 0 Å². The fraction of sp³-hybridized carbons (Fsp3) is 0.100. The van der Waals surface area contributed by atoms with Gasteiger partial charge in [0.25, 0.3) is 0 Å². The van der Waals surface area contributed by atoms with Gasteiger partial charge in [0.15, 0.2) is 0 Å². The highest BCUT2D eigenvalue weighted by molar-refractivity contribution is 7.13. The van der Waals surface area contributed by atoms with Crippen molar-refractivity contribution in [2.45, 2.75) is 6.54 Å². The Labute approximate surface area is 81.3 Å². The van der Waals surface area contributed by atoms with Crippen LogP contribution in [0.15, 0.2) is 42.0 Å². The van der Waals surface area contributed by atoms with Crippen molar-refractivity contribution in [3.63, 3.8) is 0 Å². The van der Waals surface area contributed by atoms with Crippen molar-refractivity contribution in [1.82, 2.24) is 4.98 Å². The number of thiazole rings is 1. The van der Waals surface area contributed by atoms with Crippen molar-refractivity contribution in [3.05, 3.63) is 47.6 Å². The first-order chi connectivity index (χ1) is 6.45. The summed E-state index contributed by atoms with van der Waals surface area (Å²) in [5, 5.41) is 4.41. The molecule has 0 saturated heterocycles. The van der Waals surface area contributed by atoms with Gasteiger partial charge < -0.3 is 5.32 Å². The molecule has 0 amide bonds. The third-order valence-corrected chi connectivity index (χ3v) is 2.47. The van der Waals surface area contributed by atoms with Gasteiger partial charge in [0.05, 0.1) is 11.7 Å². The van der Waals surface area contributed by atoms with Crippen molar-refractivity contribution in [2.75, 3.05) is 5.32 Å². The monoisotopic (exact) mass is 190 g/mol. The third-order valence-electron chi connectivity index (χ3n) is 1.74. The van der Waals surface area contributed by atoms with Crippen molar-refractivity contribution >= 4 is 16.3 Å². The number of benzene rings is 1. The molecule has 0 spiro atoms. The molecule has 13 heavy (non-hydrogen) atoms. The molecular weight excluding hydrogens is 180 g/mol. The highest BCUT2D eigenvalue weighted by atomic mass is 32.1. The Balaban J connectivity index is 1.94. The van der Waals surface area contributed by atoms with Gasteiger partial charge in [0.2, 0.25) is 0 Å². The average Bonchev–Trinajstić information content (AvgIpc) is 2.69. The lowest BCUT2D eigenvalue weighted by atomic mass is 10.2. The molecule has 0 bridgehead atoms. The molecule has 0 atom stereocenters. The minimum atomic E-state index is 0.864. The van der Waals surface area contributed by atoms with Crippen molar-refractivity contribution in [1.29, 1.82) is 0 Å². The summed E-state index contributed by atoms with van der Waals surface area (Å²) >= 11 is 1.62. The highest BCUT2D eigenvalue weighted by Crippen LogP contribution is 2.13. The van der Waals surface area contributed by atoms with Crippen LogP contribution in [0.25, 0.3) is 0 Å². The molecule has 0 unspecified atom stereocenters. The number of hydrogen-bond acceptors (Lipinski definition) is 3. The summed E-state index contributed by atoms with van der Waals surface area (Å²) in [7, 11) is 0. The summed E-state index contributed by atoms with van der Waals surface area (Å²) in [4.78, 5) is 3.99. The maximum absolute atomic E-state index is 3.99. The van der Waals surface area contributed by atoms with E-state index in [0.717, 1.165) is 11.5 Å². The molecule has 3 heteroatoms. The minimum absolute atomic E-state index is 0.864. The Bertz CT molecular complexity index is 342. The predicted molar refractivity (Wildman–Crippen MR) is 55.9 cm³/mol. The van der Waals surface area contributed by atoms with Gasteiger partial charge in [-0.05, 0) is 5.56 Å². The molecular formula is C10H10N2S. The molecule has 0 radical (unpaired) electrons. The molecule has 0 aliphatic carbocycles. The number of hydrogen-bond donors (Lipinski definition) is 1. The summed E-state index contributed by atoms with van der Waals surface area (Å²) in [5.41, 5.74) is 3.11. The molecule has 1 heterocycles. The molecule has 1 aromatic heterocycles. The number of anilines is 1. The SMILES string of the molecule is c1ccc(CNc2cncs2)cc1. The van der Waals surface area contributed by atoms with Crippen LogP contribution in [0.5, 0.6) is 0 Å². The summed E-state index contributed by atoms with van der Waals surface area (Å²) in [6.45, 7) is 0.864. The van der Waals surface area contributed by atoms with Crippen LogP contribution in [-0.4, -0.2) is 4.98 Å². The van der Waals surface area contributed by atoms with Gasteiger partial charge in [-0.15, -0.1) is 11.3 Å². The normalized spacial score (nSPS) is 9.85. The Hall–Kier alpha value is -1.35. The third kappa shape index (κ3) is 2.29. The zero-order chi connectivity index (χ0) is 8.93. The van der Waals surface area contributed by atoms with Crippen LogP contribution < -0.4 is 5.32 Å². The zero-order valence-electron chi connectivity index (χ0n) is 7.10. The van der Waals surface area contributed by atoms with Crippen LogP contribution in [0.4, 0.5) is 5.00 Å². The van der Waals surface area contributed by atoms with Crippen LogP contribution in [0.2, 0.25) is 0 Å². The van der Waals surface area contributed by atoms with E-state index in [2.05, 4.69) is 22.4 Å². The van der Waals surface area contributed by atoms with E-state index >= 15 is 0 Å². The van der Waals surface area contributed by atoms with Gasteiger partial charge in [-0.25, -0.2) is 0 Å². The lowest BCUT2D eigenvalue weighted by Gasteiger charge is -2.01. The second kappa shape index (κ2) is 4.05. The number of rotatable bonds is 3. The first-order valence-electron chi connectivity index (χ1n) is 4.11. The lowest BCUT2D eigenvalue weighted by Crippen LogP contribution is -1.96. The van der Waals surface area contributed by atoms with E-state index in [1.807, 2.05) is 29.9 Å². The maximum Gasteiger partial charge on any atom is 0.109 e. The first kappa shape index (κ1) is 8.26. The summed E-state index contributed by atoms with van der Waals surface area (Å²) in [6.07, 6.45) is 1.84. The molecule has 0 aliphatic heterocycles.